The molecule has 1 aromatic heterocycles. The highest BCUT2D eigenvalue weighted by molar-refractivity contribution is 7.99. The zero-order chi connectivity index (χ0) is 25.8. The molecule has 1 amide bonds. The van der Waals surface area contributed by atoms with E-state index in [1.165, 1.54) is 17.8 Å². The van der Waals surface area contributed by atoms with Gasteiger partial charge in [-0.2, -0.15) is 4.57 Å². The Morgan fingerprint density at radius 3 is 2.47 bits per heavy atom. The van der Waals surface area contributed by atoms with Crippen LogP contribution in [0.2, 0.25) is 5.02 Å². The third-order valence-electron chi connectivity index (χ3n) is 5.41. The van der Waals surface area contributed by atoms with Crippen LogP contribution in [0, 0.1) is 0 Å². The molecule has 7 nitrogen and oxygen atoms in total. The molecular weight excluding hydrogens is 496 g/mol. The predicted octanol–water partition coefficient (Wildman–Crippen LogP) is 5.09. The molecule has 0 aliphatic carbocycles. The van der Waals surface area contributed by atoms with Gasteiger partial charge in [0.15, 0.2) is 12.4 Å². The van der Waals surface area contributed by atoms with Crippen LogP contribution in [0.25, 0.3) is 11.1 Å². The number of amides is 1. The minimum atomic E-state index is -0.797. The van der Waals surface area contributed by atoms with E-state index in [9.17, 15) is 15.0 Å². The fourth-order valence-corrected chi connectivity index (χ4v) is 4.87. The molecule has 0 fully saturated rings. The highest BCUT2D eigenvalue weighted by Gasteiger charge is 2.35. The van der Waals surface area contributed by atoms with Gasteiger partial charge in [0, 0.05) is 52.8 Å². The van der Waals surface area contributed by atoms with Crippen molar-refractivity contribution < 1.29 is 18.9 Å². The van der Waals surface area contributed by atoms with Crippen molar-refractivity contribution in [2.75, 3.05) is 30.5 Å². The summed E-state index contributed by atoms with van der Waals surface area (Å²) in [5.74, 6) is 0.634. The zero-order valence-electron chi connectivity index (χ0n) is 19.9. The van der Waals surface area contributed by atoms with Crippen molar-refractivity contribution in [3.63, 3.8) is 0 Å². The first-order valence-electron chi connectivity index (χ1n) is 11.1. The van der Waals surface area contributed by atoms with Gasteiger partial charge in [-0.15, -0.1) is 0 Å². The van der Waals surface area contributed by atoms with E-state index >= 15 is 0 Å². The van der Waals surface area contributed by atoms with Crippen molar-refractivity contribution in [1.82, 2.24) is 0 Å². The molecule has 0 atom stereocenters. The number of fused-ring (bicyclic) bond motifs is 2. The van der Waals surface area contributed by atoms with E-state index in [-0.39, 0.29) is 17.9 Å². The number of pyridine rings is 1. The molecular formula is C27H23ClN4O3S. The maximum atomic E-state index is 14.3. The van der Waals surface area contributed by atoms with Crippen molar-refractivity contribution in [2.24, 2.45) is 0 Å². The van der Waals surface area contributed by atoms with E-state index in [4.69, 9.17) is 16.3 Å². The molecule has 1 aliphatic heterocycles. The normalized spacial score (nSPS) is 12.2. The lowest BCUT2D eigenvalue weighted by Gasteiger charge is -2.30. The highest BCUT2D eigenvalue weighted by atomic mass is 35.5. The van der Waals surface area contributed by atoms with E-state index in [2.05, 4.69) is 0 Å². The number of hydrogen-bond donors (Lipinski definition) is 0. The van der Waals surface area contributed by atoms with E-state index in [1.54, 1.807) is 40.9 Å². The first kappa shape index (κ1) is 25.3. The summed E-state index contributed by atoms with van der Waals surface area (Å²) in [5, 5.41) is 10.2. The van der Waals surface area contributed by atoms with Crippen LogP contribution in [0.15, 0.2) is 88.4 Å². The Balaban J connectivity index is 1.91. The Bertz CT molecular complexity index is 1410. The zero-order valence-corrected chi connectivity index (χ0v) is 21.5. The fourth-order valence-electron chi connectivity index (χ4n) is 3.67. The van der Waals surface area contributed by atoms with Gasteiger partial charge in [0.05, 0.1) is 23.6 Å². The molecule has 3 aromatic rings. The molecule has 0 unspecified atom stereocenters. The van der Waals surface area contributed by atoms with Gasteiger partial charge in [-0.25, -0.2) is 4.79 Å². The third-order valence-corrected chi connectivity index (χ3v) is 6.78. The molecule has 0 spiro atoms. The standard InChI is InChI=1S/C27H23ClN4O3S/c1-4-35-27(34)18(17-29)15-23(31-13-11-20(12-14-31)30(2)3)26(33)32-21-7-5-6-8-24(21)36-25-10-9-19(28)16-22(25)32/h5-16H,4H2,1-3H3/b23-15-. The van der Waals surface area contributed by atoms with Crippen molar-refractivity contribution in [3.8, 4) is 0 Å². The van der Waals surface area contributed by atoms with Gasteiger partial charge in [0.1, 0.15) is 0 Å². The first-order valence-corrected chi connectivity index (χ1v) is 12.3. The second-order valence-corrected chi connectivity index (χ2v) is 9.48. The number of anilines is 3. The predicted molar refractivity (Wildman–Crippen MR) is 143 cm³/mol. The second kappa shape index (κ2) is 10.8. The number of aromatic nitrogens is 1. The van der Waals surface area contributed by atoms with Gasteiger partial charge in [0.25, 0.3) is 5.70 Å². The SMILES string of the molecule is CCOC(=O)C(=C=[N-])/C=C(/C(=O)N1c2ccccc2Sc2ccc(Cl)cc21)[n+]1ccc(N(C)C)cc1. The summed E-state index contributed by atoms with van der Waals surface area (Å²) in [6, 6.07) is 16.6. The largest absolute Gasteiger partial charge is 0.763 e. The van der Waals surface area contributed by atoms with E-state index < -0.39 is 11.9 Å². The number of carbonyl (C=O) groups is 2. The van der Waals surface area contributed by atoms with Crippen LogP contribution < -0.4 is 14.4 Å². The van der Waals surface area contributed by atoms with Crippen LogP contribution in [0.1, 0.15) is 6.92 Å². The highest BCUT2D eigenvalue weighted by Crippen LogP contribution is 2.49. The number of ether oxygens (including phenoxy) is 1. The minimum absolute atomic E-state index is 0.0949. The van der Waals surface area contributed by atoms with Gasteiger partial charge in [-0.05, 0) is 37.3 Å². The first-order chi connectivity index (χ1) is 17.3. The maximum absolute atomic E-state index is 14.3. The molecule has 0 radical (unpaired) electrons. The lowest BCUT2D eigenvalue weighted by molar-refractivity contribution is -0.577. The average molecular weight is 519 g/mol. The lowest BCUT2D eigenvalue weighted by Crippen LogP contribution is -2.42. The summed E-state index contributed by atoms with van der Waals surface area (Å²) >= 11 is 7.86. The summed E-state index contributed by atoms with van der Waals surface area (Å²) < 4.78 is 6.61. The van der Waals surface area contributed by atoms with Gasteiger partial charge < -0.3 is 15.0 Å². The van der Waals surface area contributed by atoms with Crippen LogP contribution in [-0.2, 0) is 14.3 Å². The van der Waals surface area contributed by atoms with E-state index in [0.717, 1.165) is 15.5 Å². The number of benzene rings is 2. The fraction of sp³-hybridized carbons (Fsp3) is 0.148. The minimum Gasteiger partial charge on any atom is -0.763 e. The molecule has 0 saturated heterocycles. The molecule has 2 heterocycles. The van der Waals surface area contributed by atoms with Crippen molar-refractivity contribution in [2.45, 2.75) is 16.7 Å². The number of hydrogen-bond acceptors (Lipinski definition) is 5. The smallest absolute Gasteiger partial charge is 0.344 e. The number of nitrogens with zero attached hydrogens (tertiary/aromatic N) is 4. The molecule has 0 saturated carbocycles. The summed E-state index contributed by atoms with van der Waals surface area (Å²) in [6.07, 6.45) is 4.69. The van der Waals surface area contributed by atoms with Crippen molar-refractivity contribution >= 4 is 63.9 Å². The molecule has 4 rings (SSSR count). The van der Waals surface area contributed by atoms with Crippen LogP contribution in [0.5, 0.6) is 0 Å². The maximum Gasteiger partial charge on any atom is 0.344 e. The van der Waals surface area contributed by atoms with E-state index in [0.29, 0.717) is 16.4 Å². The summed E-state index contributed by atoms with van der Waals surface area (Å²) in [4.78, 5) is 32.0. The summed E-state index contributed by atoms with van der Waals surface area (Å²) in [5.41, 5.74) is 2.02. The van der Waals surface area contributed by atoms with Crippen LogP contribution in [0.4, 0.5) is 17.1 Å². The molecule has 2 aromatic carbocycles. The quantitative estimate of drug-likeness (QED) is 0.149. The molecule has 0 bridgehead atoms. The Morgan fingerprint density at radius 1 is 1.11 bits per heavy atom. The average Bonchev–Trinajstić information content (AvgIpc) is 2.88. The number of carbonyl (C=O) groups excluding carboxylic acids is 2. The molecule has 0 N–H and O–H groups in total. The Morgan fingerprint density at radius 2 is 1.81 bits per heavy atom. The Labute approximate surface area is 218 Å². The van der Waals surface area contributed by atoms with Crippen LogP contribution in [0.3, 0.4) is 0 Å². The lowest BCUT2D eigenvalue weighted by atomic mass is 10.1. The molecule has 1 aliphatic rings. The molecule has 9 heteroatoms. The third kappa shape index (κ3) is 5.06. The van der Waals surface area contributed by atoms with Crippen LogP contribution >= 0.6 is 23.4 Å². The van der Waals surface area contributed by atoms with E-state index in [1.807, 2.05) is 67.3 Å². The van der Waals surface area contributed by atoms with Gasteiger partial charge >= 0.3 is 11.9 Å². The van der Waals surface area contributed by atoms with Crippen molar-refractivity contribution in [1.29, 1.82) is 0 Å². The summed E-state index contributed by atoms with van der Waals surface area (Å²) in [6.45, 7) is 1.76. The van der Waals surface area contributed by atoms with Crippen molar-refractivity contribution in [3.05, 3.63) is 89.1 Å². The molecule has 36 heavy (non-hydrogen) atoms. The van der Waals surface area contributed by atoms with Gasteiger partial charge in [-0.3, -0.25) is 15.6 Å². The Kier molecular flexibility index (Phi) is 7.60. The van der Waals surface area contributed by atoms with Gasteiger partial charge in [-0.1, -0.05) is 35.5 Å². The molecule has 182 valence electrons. The second-order valence-electron chi connectivity index (χ2n) is 7.96. The number of para-hydroxylation sites is 1. The Hall–Kier alpha value is -3.84. The number of rotatable bonds is 6. The topological polar surface area (TPSA) is 76.0 Å². The number of halogens is 1. The van der Waals surface area contributed by atoms with Gasteiger partial charge in [0.2, 0.25) is 0 Å². The summed E-state index contributed by atoms with van der Waals surface area (Å²) in [7, 11) is 3.82. The number of esters is 1. The monoisotopic (exact) mass is 518 g/mol. The van der Waals surface area contributed by atoms with Crippen LogP contribution in [-0.4, -0.2) is 38.4 Å².